The number of carbonyl (C=O) groups is 1. The quantitative estimate of drug-likeness (QED) is 0.915. The first-order chi connectivity index (χ1) is 10.8. The molecule has 0 unspecified atom stereocenters. The molecule has 0 spiro atoms. The van der Waals surface area contributed by atoms with Gasteiger partial charge in [-0.15, -0.1) is 0 Å². The Morgan fingerprint density at radius 3 is 2.13 bits per heavy atom. The molecular formula is C17H20N2O3S. The van der Waals surface area contributed by atoms with E-state index < -0.39 is 10.0 Å². The van der Waals surface area contributed by atoms with Crippen LogP contribution >= 0.6 is 0 Å². The van der Waals surface area contributed by atoms with E-state index in [0.717, 1.165) is 11.8 Å². The van der Waals surface area contributed by atoms with Crippen molar-refractivity contribution in [1.82, 2.24) is 5.32 Å². The third kappa shape index (κ3) is 4.32. The molecule has 1 N–H and O–H groups in total. The lowest BCUT2D eigenvalue weighted by Crippen LogP contribution is -2.27. The Balaban J connectivity index is 2.09. The summed E-state index contributed by atoms with van der Waals surface area (Å²) < 4.78 is 24.2. The predicted molar refractivity (Wildman–Crippen MR) is 92.0 cm³/mol. The van der Waals surface area contributed by atoms with Gasteiger partial charge >= 0.3 is 0 Å². The minimum Gasteiger partial charge on any atom is -0.346 e. The summed E-state index contributed by atoms with van der Waals surface area (Å²) in [7, 11) is -1.84. The molecule has 5 nitrogen and oxygen atoms in total. The molecule has 0 aliphatic heterocycles. The van der Waals surface area contributed by atoms with Gasteiger partial charge in [0.25, 0.3) is 5.91 Å². The first kappa shape index (κ1) is 17.0. The predicted octanol–water partition coefficient (Wildman–Crippen LogP) is 2.57. The van der Waals surface area contributed by atoms with Crippen molar-refractivity contribution < 1.29 is 13.2 Å². The van der Waals surface area contributed by atoms with Gasteiger partial charge in [-0.25, -0.2) is 8.42 Å². The first-order valence-electron chi connectivity index (χ1n) is 7.19. The van der Waals surface area contributed by atoms with Crippen molar-refractivity contribution >= 4 is 21.6 Å². The van der Waals surface area contributed by atoms with Crippen molar-refractivity contribution in [3.05, 3.63) is 65.7 Å². The summed E-state index contributed by atoms with van der Waals surface area (Å²) in [6.45, 7) is 1.92. The van der Waals surface area contributed by atoms with Gasteiger partial charge in [0, 0.05) is 12.6 Å². The topological polar surface area (TPSA) is 66.5 Å². The molecule has 2 aromatic rings. The van der Waals surface area contributed by atoms with Gasteiger partial charge in [0.15, 0.2) is 0 Å². The van der Waals surface area contributed by atoms with Crippen LogP contribution < -0.4 is 9.62 Å². The fraction of sp³-hybridized carbons (Fsp3) is 0.235. The number of rotatable bonds is 5. The Labute approximate surface area is 137 Å². The Hall–Kier alpha value is -2.34. The summed E-state index contributed by atoms with van der Waals surface area (Å²) in [6, 6.07) is 16.0. The van der Waals surface area contributed by atoms with Gasteiger partial charge in [0.2, 0.25) is 10.0 Å². The van der Waals surface area contributed by atoms with E-state index in [1.54, 1.807) is 24.3 Å². The molecule has 2 rings (SSSR count). The fourth-order valence-electron chi connectivity index (χ4n) is 2.12. The van der Waals surface area contributed by atoms with Crippen LogP contribution in [0.4, 0.5) is 5.69 Å². The van der Waals surface area contributed by atoms with Crippen LogP contribution in [0.25, 0.3) is 0 Å². The Bertz CT molecular complexity index is 771. The minimum atomic E-state index is -3.31. The Morgan fingerprint density at radius 1 is 1.04 bits per heavy atom. The first-order valence-corrected chi connectivity index (χ1v) is 9.03. The summed E-state index contributed by atoms with van der Waals surface area (Å²) in [6.07, 6.45) is 1.13. The van der Waals surface area contributed by atoms with Crippen molar-refractivity contribution in [3.8, 4) is 0 Å². The molecule has 2 aromatic carbocycles. The fourth-order valence-corrected chi connectivity index (χ4v) is 2.62. The summed E-state index contributed by atoms with van der Waals surface area (Å²) in [5, 5.41) is 2.92. The number of amides is 1. The number of hydrogen-bond donors (Lipinski definition) is 1. The number of hydrogen-bond acceptors (Lipinski definition) is 3. The van der Waals surface area contributed by atoms with Crippen LogP contribution in [0.5, 0.6) is 0 Å². The van der Waals surface area contributed by atoms with Crippen LogP contribution in [-0.4, -0.2) is 27.6 Å². The molecule has 0 radical (unpaired) electrons. The molecule has 0 fully saturated rings. The second-order valence-corrected chi connectivity index (χ2v) is 7.40. The molecule has 23 heavy (non-hydrogen) atoms. The molecule has 0 bridgehead atoms. The van der Waals surface area contributed by atoms with Crippen molar-refractivity contribution in [2.75, 3.05) is 17.6 Å². The molecule has 122 valence electrons. The number of nitrogens with zero attached hydrogens (tertiary/aromatic N) is 1. The van der Waals surface area contributed by atoms with E-state index in [1.165, 1.54) is 11.4 Å². The zero-order chi connectivity index (χ0) is 17.0. The molecule has 0 aliphatic rings. The van der Waals surface area contributed by atoms with Crippen molar-refractivity contribution in [2.45, 2.75) is 13.0 Å². The molecule has 0 aliphatic carbocycles. The highest BCUT2D eigenvalue weighted by Crippen LogP contribution is 2.17. The SMILES string of the molecule is C[C@@H](NC(=O)c1ccc(N(C)S(C)(=O)=O)cc1)c1ccccc1. The van der Waals surface area contributed by atoms with Crippen LogP contribution in [0, 0.1) is 0 Å². The number of nitrogens with one attached hydrogen (secondary N) is 1. The van der Waals surface area contributed by atoms with Crippen molar-refractivity contribution in [2.24, 2.45) is 0 Å². The lowest BCUT2D eigenvalue weighted by molar-refractivity contribution is 0.0940. The van der Waals surface area contributed by atoms with Crippen LogP contribution in [0.15, 0.2) is 54.6 Å². The van der Waals surface area contributed by atoms with E-state index in [0.29, 0.717) is 11.3 Å². The van der Waals surface area contributed by atoms with E-state index in [4.69, 9.17) is 0 Å². The highest BCUT2D eigenvalue weighted by atomic mass is 32.2. The molecule has 0 heterocycles. The van der Waals surface area contributed by atoms with E-state index >= 15 is 0 Å². The zero-order valence-electron chi connectivity index (χ0n) is 13.4. The number of anilines is 1. The normalized spacial score (nSPS) is 12.5. The van der Waals surface area contributed by atoms with E-state index in [9.17, 15) is 13.2 Å². The molecule has 0 saturated heterocycles. The maximum atomic E-state index is 12.3. The molecule has 0 aromatic heterocycles. The largest absolute Gasteiger partial charge is 0.346 e. The number of benzene rings is 2. The summed E-state index contributed by atoms with van der Waals surface area (Å²) >= 11 is 0. The lowest BCUT2D eigenvalue weighted by atomic mass is 10.1. The molecule has 6 heteroatoms. The smallest absolute Gasteiger partial charge is 0.251 e. The molecule has 1 amide bonds. The second kappa shape index (κ2) is 6.83. The Morgan fingerprint density at radius 2 is 1.61 bits per heavy atom. The number of carbonyl (C=O) groups excluding carboxylic acids is 1. The minimum absolute atomic E-state index is 0.109. The summed E-state index contributed by atoms with van der Waals surface area (Å²) in [5.41, 5.74) is 2.02. The van der Waals surface area contributed by atoms with E-state index in [-0.39, 0.29) is 11.9 Å². The maximum Gasteiger partial charge on any atom is 0.251 e. The van der Waals surface area contributed by atoms with Crippen molar-refractivity contribution in [3.63, 3.8) is 0 Å². The lowest BCUT2D eigenvalue weighted by Gasteiger charge is -2.17. The molecule has 0 saturated carbocycles. The highest BCUT2D eigenvalue weighted by Gasteiger charge is 2.14. The third-order valence-corrected chi connectivity index (χ3v) is 4.84. The van der Waals surface area contributed by atoms with Gasteiger partial charge < -0.3 is 5.32 Å². The summed E-state index contributed by atoms with van der Waals surface area (Å²) in [4.78, 5) is 12.3. The van der Waals surface area contributed by atoms with Gasteiger partial charge in [-0.2, -0.15) is 0 Å². The van der Waals surface area contributed by atoms with Crippen LogP contribution in [0.2, 0.25) is 0 Å². The Kier molecular flexibility index (Phi) is 5.05. The van der Waals surface area contributed by atoms with E-state index in [2.05, 4.69) is 5.32 Å². The van der Waals surface area contributed by atoms with Gasteiger partial charge in [-0.3, -0.25) is 9.10 Å². The van der Waals surface area contributed by atoms with Gasteiger partial charge in [0.05, 0.1) is 18.0 Å². The van der Waals surface area contributed by atoms with Crippen LogP contribution in [-0.2, 0) is 10.0 Å². The highest BCUT2D eigenvalue weighted by molar-refractivity contribution is 7.92. The monoisotopic (exact) mass is 332 g/mol. The van der Waals surface area contributed by atoms with Crippen LogP contribution in [0.3, 0.4) is 0 Å². The van der Waals surface area contributed by atoms with E-state index in [1.807, 2.05) is 37.3 Å². The second-order valence-electron chi connectivity index (χ2n) is 5.38. The average molecular weight is 332 g/mol. The van der Waals surface area contributed by atoms with Gasteiger partial charge in [0.1, 0.15) is 0 Å². The molecule has 1 atom stereocenters. The summed E-state index contributed by atoms with van der Waals surface area (Å²) in [5.74, 6) is -0.199. The number of sulfonamides is 1. The standard InChI is InChI=1S/C17H20N2O3S/c1-13(14-7-5-4-6-8-14)18-17(20)15-9-11-16(12-10-15)19(2)23(3,21)22/h4-13H,1-3H3,(H,18,20)/t13-/m1/s1. The van der Waals surface area contributed by atoms with Crippen LogP contribution in [0.1, 0.15) is 28.9 Å². The maximum absolute atomic E-state index is 12.3. The third-order valence-electron chi connectivity index (χ3n) is 3.64. The average Bonchev–Trinajstić information content (AvgIpc) is 2.54. The van der Waals surface area contributed by atoms with Gasteiger partial charge in [-0.05, 0) is 36.8 Å². The zero-order valence-corrected chi connectivity index (χ0v) is 14.2. The van der Waals surface area contributed by atoms with Gasteiger partial charge in [-0.1, -0.05) is 30.3 Å². The van der Waals surface area contributed by atoms with Crippen molar-refractivity contribution in [1.29, 1.82) is 0 Å². The molecular weight excluding hydrogens is 312 g/mol.